The zero-order chi connectivity index (χ0) is 19.9. The van der Waals surface area contributed by atoms with Crippen molar-refractivity contribution in [2.45, 2.75) is 56.1 Å². The number of carbonyl (C=O) groups is 1. The van der Waals surface area contributed by atoms with Gasteiger partial charge in [-0.2, -0.15) is 4.31 Å². The van der Waals surface area contributed by atoms with Gasteiger partial charge in [-0.25, -0.2) is 8.42 Å². The summed E-state index contributed by atoms with van der Waals surface area (Å²) >= 11 is 5.95. The lowest BCUT2D eigenvalue weighted by atomic mass is 10.1. The number of sulfonamides is 1. The van der Waals surface area contributed by atoms with Crippen LogP contribution in [0.25, 0.3) is 0 Å². The number of nitrogens with zero attached hydrogens (tertiary/aromatic N) is 2. The first-order valence-corrected chi connectivity index (χ1v) is 11.9. The van der Waals surface area contributed by atoms with Gasteiger partial charge in [0.05, 0.1) is 11.0 Å². The van der Waals surface area contributed by atoms with Crippen LogP contribution < -0.4 is 0 Å². The molecule has 0 bridgehead atoms. The highest BCUT2D eigenvalue weighted by atomic mass is 35.5. The number of ether oxygens (including phenoxy) is 1. The Hall–Kier alpha value is -1.15. The summed E-state index contributed by atoms with van der Waals surface area (Å²) in [6.07, 6.45) is 4.01. The fourth-order valence-corrected chi connectivity index (χ4v) is 6.01. The highest BCUT2D eigenvalue weighted by Gasteiger charge is 2.38. The molecule has 3 aliphatic rings. The Morgan fingerprint density at radius 1 is 1.11 bits per heavy atom. The molecule has 1 aliphatic carbocycles. The highest BCUT2D eigenvalue weighted by Crippen LogP contribution is 2.32. The first-order valence-electron chi connectivity index (χ1n) is 10.0. The van der Waals surface area contributed by atoms with Crippen LogP contribution in [0.2, 0.25) is 5.02 Å². The third-order valence-electron chi connectivity index (χ3n) is 5.94. The SMILES string of the molecule is Cc1cc(Cl)ccc1S(=O)(=O)N1CCC(OC2CCN(CC3CC3)C2=O)CC1. The fraction of sp³-hybridized carbons (Fsp3) is 0.650. The van der Waals surface area contributed by atoms with Gasteiger partial charge >= 0.3 is 0 Å². The number of carbonyl (C=O) groups excluding carboxylic acids is 1. The maximum Gasteiger partial charge on any atom is 0.251 e. The number of benzene rings is 1. The van der Waals surface area contributed by atoms with Gasteiger partial charge in [-0.1, -0.05) is 11.6 Å². The maximum absolute atomic E-state index is 13.0. The first-order chi connectivity index (χ1) is 13.3. The summed E-state index contributed by atoms with van der Waals surface area (Å²) < 4.78 is 33.5. The minimum Gasteiger partial charge on any atom is -0.365 e. The van der Waals surface area contributed by atoms with E-state index in [4.69, 9.17) is 16.3 Å². The molecule has 28 heavy (non-hydrogen) atoms. The topological polar surface area (TPSA) is 66.9 Å². The number of halogens is 1. The predicted octanol–water partition coefficient (Wildman–Crippen LogP) is 2.83. The minimum absolute atomic E-state index is 0.0624. The monoisotopic (exact) mass is 426 g/mol. The Balaban J connectivity index is 1.32. The van der Waals surface area contributed by atoms with E-state index in [-0.39, 0.29) is 18.1 Å². The smallest absolute Gasteiger partial charge is 0.251 e. The lowest BCUT2D eigenvalue weighted by Gasteiger charge is -2.32. The van der Waals surface area contributed by atoms with Gasteiger partial charge in [0.2, 0.25) is 10.0 Å². The Labute approximate surface area is 171 Å². The third kappa shape index (κ3) is 4.22. The number of piperidine rings is 1. The van der Waals surface area contributed by atoms with Crippen LogP contribution in [0.4, 0.5) is 0 Å². The molecular weight excluding hydrogens is 400 g/mol. The second-order valence-corrected chi connectivity index (χ2v) is 10.5. The molecule has 2 saturated heterocycles. The molecule has 2 heterocycles. The lowest BCUT2D eigenvalue weighted by Crippen LogP contribution is -2.43. The molecule has 1 amide bonds. The Morgan fingerprint density at radius 2 is 1.82 bits per heavy atom. The molecule has 0 spiro atoms. The molecule has 4 rings (SSSR count). The van der Waals surface area contributed by atoms with E-state index in [9.17, 15) is 13.2 Å². The summed E-state index contributed by atoms with van der Waals surface area (Å²) in [5, 5.41) is 0.528. The van der Waals surface area contributed by atoms with Gasteiger partial charge in [0.15, 0.2) is 0 Å². The van der Waals surface area contributed by atoms with Crippen molar-refractivity contribution in [1.82, 2.24) is 9.21 Å². The molecule has 0 radical (unpaired) electrons. The average molecular weight is 427 g/mol. The van der Waals surface area contributed by atoms with E-state index in [0.29, 0.717) is 47.3 Å². The van der Waals surface area contributed by atoms with Gasteiger partial charge in [0.1, 0.15) is 6.10 Å². The summed E-state index contributed by atoms with van der Waals surface area (Å²) in [7, 11) is -3.54. The van der Waals surface area contributed by atoms with Gasteiger partial charge in [0, 0.05) is 37.6 Å². The molecular formula is C20H27ClN2O4S. The Morgan fingerprint density at radius 3 is 2.46 bits per heavy atom. The predicted molar refractivity (Wildman–Crippen MR) is 107 cm³/mol. The van der Waals surface area contributed by atoms with Crippen LogP contribution in [0.1, 0.15) is 37.7 Å². The molecule has 1 aromatic carbocycles. The highest BCUT2D eigenvalue weighted by molar-refractivity contribution is 7.89. The van der Waals surface area contributed by atoms with Gasteiger partial charge in [0.25, 0.3) is 5.91 Å². The van der Waals surface area contributed by atoms with Crippen molar-refractivity contribution in [2.24, 2.45) is 5.92 Å². The van der Waals surface area contributed by atoms with Gasteiger partial charge in [-0.05, 0) is 62.3 Å². The van der Waals surface area contributed by atoms with E-state index < -0.39 is 10.0 Å². The number of hydrogen-bond acceptors (Lipinski definition) is 4. The molecule has 1 saturated carbocycles. The zero-order valence-electron chi connectivity index (χ0n) is 16.1. The Kier molecular flexibility index (Phi) is 5.71. The molecule has 1 atom stereocenters. The first kappa shape index (κ1) is 20.1. The van der Waals surface area contributed by atoms with Crippen molar-refractivity contribution in [3.05, 3.63) is 28.8 Å². The lowest BCUT2D eigenvalue weighted by molar-refractivity contribution is -0.141. The molecule has 3 fully saturated rings. The number of hydrogen-bond donors (Lipinski definition) is 0. The number of rotatable bonds is 6. The number of aryl methyl sites for hydroxylation is 1. The van der Waals surface area contributed by atoms with Crippen LogP contribution in [0.3, 0.4) is 0 Å². The van der Waals surface area contributed by atoms with Crippen LogP contribution >= 0.6 is 11.6 Å². The molecule has 1 aromatic rings. The van der Waals surface area contributed by atoms with E-state index in [2.05, 4.69) is 0 Å². The van der Waals surface area contributed by atoms with Gasteiger partial charge < -0.3 is 9.64 Å². The number of amides is 1. The van der Waals surface area contributed by atoms with Crippen molar-refractivity contribution >= 4 is 27.5 Å². The van der Waals surface area contributed by atoms with Crippen LogP contribution in [-0.4, -0.2) is 61.9 Å². The van der Waals surface area contributed by atoms with Crippen LogP contribution in [0.15, 0.2) is 23.1 Å². The van der Waals surface area contributed by atoms with Gasteiger partial charge in [-0.15, -0.1) is 0 Å². The quantitative estimate of drug-likeness (QED) is 0.701. The zero-order valence-corrected chi connectivity index (χ0v) is 17.7. The van der Waals surface area contributed by atoms with Crippen molar-refractivity contribution < 1.29 is 17.9 Å². The molecule has 2 aliphatic heterocycles. The van der Waals surface area contributed by atoms with E-state index >= 15 is 0 Å². The molecule has 0 N–H and O–H groups in total. The van der Waals surface area contributed by atoms with Crippen molar-refractivity contribution in [3.63, 3.8) is 0 Å². The van der Waals surface area contributed by atoms with Crippen molar-refractivity contribution in [3.8, 4) is 0 Å². The standard InChI is InChI=1S/C20H27ClN2O4S/c1-14-12-16(21)4-5-19(14)28(25,26)23-10-6-17(7-11-23)27-18-8-9-22(20(18)24)13-15-2-3-15/h4-5,12,15,17-18H,2-3,6-11,13H2,1H3. The normalized spacial score (nSPS) is 24.9. The summed E-state index contributed by atoms with van der Waals surface area (Å²) in [4.78, 5) is 14.7. The molecule has 154 valence electrons. The van der Waals surface area contributed by atoms with E-state index in [0.717, 1.165) is 19.5 Å². The molecule has 8 heteroatoms. The van der Waals surface area contributed by atoms with Gasteiger partial charge in [-0.3, -0.25) is 4.79 Å². The number of likely N-dealkylation sites (tertiary alicyclic amines) is 1. The van der Waals surface area contributed by atoms with E-state index in [1.807, 2.05) is 4.90 Å². The van der Waals surface area contributed by atoms with E-state index in [1.54, 1.807) is 25.1 Å². The molecule has 1 unspecified atom stereocenters. The van der Waals surface area contributed by atoms with E-state index in [1.165, 1.54) is 17.1 Å². The maximum atomic E-state index is 13.0. The average Bonchev–Trinajstić information content (AvgIpc) is 3.41. The summed E-state index contributed by atoms with van der Waals surface area (Å²) in [5.41, 5.74) is 0.651. The summed E-state index contributed by atoms with van der Waals surface area (Å²) in [6, 6.07) is 4.85. The second kappa shape index (κ2) is 7.94. The third-order valence-corrected chi connectivity index (χ3v) is 8.23. The van der Waals surface area contributed by atoms with Crippen LogP contribution in [0, 0.1) is 12.8 Å². The minimum atomic E-state index is -3.54. The van der Waals surface area contributed by atoms with Crippen LogP contribution in [0.5, 0.6) is 0 Å². The molecule has 0 aromatic heterocycles. The van der Waals surface area contributed by atoms with Crippen LogP contribution in [-0.2, 0) is 19.6 Å². The fourth-order valence-electron chi connectivity index (χ4n) is 4.11. The summed E-state index contributed by atoms with van der Waals surface area (Å²) in [6.45, 7) is 4.22. The molecule has 6 nitrogen and oxygen atoms in total. The summed E-state index contributed by atoms with van der Waals surface area (Å²) in [5.74, 6) is 0.797. The Bertz CT molecular complexity index is 848. The second-order valence-electron chi connectivity index (χ2n) is 8.15. The van der Waals surface area contributed by atoms with Crippen molar-refractivity contribution in [1.29, 1.82) is 0 Å². The largest absolute Gasteiger partial charge is 0.365 e. The van der Waals surface area contributed by atoms with Crippen molar-refractivity contribution in [2.75, 3.05) is 26.2 Å².